The van der Waals surface area contributed by atoms with Crippen molar-refractivity contribution in [3.8, 4) is 0 Å². The van der Waals surface area contributed by atoms with Crippen molar-refractivity contribution in [2.24, 2.45) is 34.5 Å². The molecule has 2 aromatic rings. The SMILES string of the molecule is C[C@H](OC(=O)c1ccccc1)[C@@H]1CC[C@@H]2[C@@H]3CC[C@@H]4C[C@H](OC(=O)c5ccccc5)CC[C@@]4(C)[C@@]3(Br)C(=O)C[C@@]21C. The molecule has 5 nitrogen and oxygen atoms in total. The van der Waals surface area contributed by atoms with E-state index in [1.807, 2.05) is 43.3 Å². The van der Waals surface area contributed by atoms with Crippen LogP contribution in [0.4, 0.5) is 0 Å². The van der Waals surface area contributed by atoms with Gasteiger partial charge in [-0.3, -0.25) is 4.79 Å². The Morgan fingerprint density at radius 2 is 1.46 bits per heavy atom. The number of hydrogen-bond donors (Lipinski definition) is 0. The van der Waals surface area contributed by atoms with Gasteiger partial charge in [0.2, 0.25) is 0 Å². The number of ketones is 1. The fourth-order valence-electron chi connectivity index (χ4n) is 9.54. The average molecular weight is 622 g/mol. The molecular formula is C35H41BrO5. The lowest BCUT2D eigenvalue weighted by Crippen LogP contribution is -2.67. The molecule has 4 saturated carbocycles. The average Bonchev–Trinajstić information content (AvgIpc) is 3.31. The number of Topliss-reactive ketones (excluding diaryl/α,β-unsaturated/α-hetero) is 1. The van der Waals surface area contributed by atoms with Gasteiger partial charge in [0.25, 0.3) is 0 Å². The molecule has 9 atom stereocenters. The van der Waals surface area contributed by atoms with Crippen molar-refractivity contribution in [2.75, 3.05) is 0 Å². The molecule has 6 heteroatoms. The summed E-state index contributed by atoms with van der Waals surface area (Å²) in [5, 5.41) is 0. The molecule has 218 valence electrons. The molecule has 0 N–H and O–H groups in total. The lowest BCUT2D eigenvalue weighted by atomic mass is 9.44. The third-order valence-corrected chi connectivity index (χ3v) is 13.6. The Morgan fingerprint density at radius 1 is 0.854 bits per heavy atom. The molecule has 0 unspecified atom stereocenters. The van der Waals surface area contributed by atoms with E-state index in [0.717, 1.165) is 44.9 Å². The highest BCUT2D eigenvalue weighted by molar-refractivity contribution is 9.10. The Bertz CT molecular complexity index is 1310. The van der Waals surface area contributed by atoms with Crippen LogP contribution in [0.25, 0.3) is 0 Å². The van der Waals surface area contributed by atoms with E-state index in [1.54, 1.807) is 24.3 Å². The first-order chi connectivity index (χ1) is 19.6. The molecule has 0 radical (unpaired) electrons. The summed E-state index contributed by atoms with van der Waals surface area (Å²) >= 11 is 4.19. The highest BCUT2D eigenvalue weighted by atomic mass is 79.9. The van der Waals surface area contributed by atoms with Gasteiger partial charge in [-0.25, -0.2) is 9.59 Å². The van der Waals surface area contributed by atoms with E-state index >= 15 is 0 Å². The van der Waals surface area contributed by atoms with Gasteiger partial charge in [-0.15, -0.1) is 0 Å². The topological polar surface area (TPSA) is 69.7 Å². The van der Waals surface area contributed by atoms with Crippen LogP contribution in [0.2, 0.25) is 0 Å². The molecule has 4 aliphatic rings. The fraction of sp³-hybridized carbons (Fsp3) is 0.571. The number of esters is 2. The number of benzene rings is 2. The quantitative estimate of drug-likeness (QED) is 0.252. The van der Waals surface area contributed by atoms with E-state index in [0.29, 0.717) is 35.2 Å². The van der Waals surface area contributed by atoms with Crippen molar-refractivity contribution in [2.45, 2.75) is 88.7 Å². The van der Waals surface area contributed by atoms with Crippen molar-refractivity contribution < 1.29 is 23.9 Å². The van der Waals surface area contributed by atoms with Crippen molar-refractivity contribution in [3.05, 3.63) is 71.8 Å². The number of hydrogen-bond acceptors (Lipinski definition) is 5. The first-order valence-electron chi connectivity index (χ1n) is 15.3. The zero-order valence-corrected chi connectivity index (χ0v) is 25.9. The van der Waals surface area contributed by atoms with E-state index < -0.39 is 4.32 Å². The molecule has 0 aliphatic heterocycles. The zero-order chi connectivity index (χ0) is 29.0. The number of halogens is 1. The van der Waals surface area contributed by atoms with Crippen LogP contribution in [0, 0.1) is 34.5 Å². The smallest absolute Gasteiger partial charge is 0.338 e. The van der Waals surface area contributed by atoms with E-state index in [-0.39, 0.29) is 46.8 Å². The van der Waals surface area contributed by atoms with Crippen molar-refractivity contribution in [3.63, 3.8) is 0 Å². The van der Waals surface area contributed by atoms with Crippen LogP contribution in [0.5, 0.6) is 0 Å². The molecule has 0 saturated heterocycles. The number of rotatable bonds is 5. The largest absolute Gasteiger partial charge is 0.459 e. The third kappa shape index (κ3) is 4.60. The highest BCUT2D eigenvalue weighted by Crippen LogP contribution is 2.71. The molecule has 4 aliphatic carbocycles. The minimum atomic E-state index is -0.569. The van der Waals surface area contributed by atoms with Crippen LogP contribution in [0.3, 0.4) is 0 Å². The molecule has 0 heterocycles. The summed E-state index contributed by atoms with van der Waals surface area (Å²) in [6.07, 6.45) is 6.62. The number of carbonyl (C=O) groups excluding carboxylic acids is 3. The van der Waals surface area contributed by atoms with Crippen LogP contribution in [-0.2, 0) is 14.3 Å². The highest BCUT2D eigenvalue weighted by Gasteiger charge is 2.70. The van der Waals surface area contributed by atoms with Gasteiger partial charge < -0.3 is 9.47 Å². The minimum Gasteiger partial charge on any atom is -0.459 e. The maximum Gasteiger partial charge on any atom is 0.338 e. The van der Waals surface area contributed by atoms with Crippen molar-refractivity contribution in [1.29, 1.82) is 0 Å². The second-order valence-electron chi connectivity index (χ2n) is 13.6. The number of ether oxygens (including phenoxy) is 2. The predicted octanol–water partition coefficient (Wildman–Crippen LogP) is 7.81. The molecule has 6 rings (SSSR count). The van der Waals surface area contributed by atoms with Gasteiger partial charge in [-0.2, -0.15) is 0 Å². The lowest BCUT2D eigenvalue weighted by Gasteiger charge is -2.64. The lowest BCUT2D eigenvalue weighted by molar-refractivity contribution is -0.154. The molecule has 0 aromatic heterocycles. The molecule has 4 fully saturated rings. The van der Waals surface area contributed by atoms with Crippen LogP contribution >= 0.6 is 15.9 Å². The molecule has 41 heavy (non-hydrogen) atoms. The van der Waals surface area contributed by atoms with Crippen LogP contribution in [-0.4, -0.2) is 34.3 Å². The molecule has 2 aromatic carbocycles. The molecule has 0 amide bonds. The van der Waals surface area contributed by atoms with Gasteiger partial charge in [0.1, 0.15) is 12.2 Å². The summed E-state index contributed by atoms with van der Waals surface area (Å²) in [6, 6.07) is 18.4. The van der Waals surface area contributed by atoms with Gasteiger partial charge in [0, 0.05) is 12.3 Å². The summed E-state index contributed by atoms with van der Waals surface area (Å²) in [6.45, 7) is 6.60. The van der Waals surface area contributed by atoms with E-state index in [1.165, 1.54) is 0 Å². The van der Waals surface area contributed by atoms with Crippen LogP contribution in [0.1, 0.15) is 92.9 Å². The van der Waals surface area contributed by atoms with Crippen LogP contribution in [0.15, 0.2) is 60.7 Å². The summed E-state index contributed by atoms with van der Waals surface area (Å²) in [4.78, 5) is 40.0. The monoisotopic (exact) mass is 620 g/mol. The van der Waals surface area contributed by atoms with Gasteiger partial charge in [0.15, 0.2) is 5.78 Å². The minimum absolute atomic E-state index is 0.117. The Hall–Kier alpha value is -2.47. The first-order valence-corrected chi connectivity index (χ1v) is 16.1. The summed E-state index contributed by atoms with van der Waals surface area (Å²) in [5.41, 5.74) is 0.770. The maximum absolute atomic E-state index is 14.4. The fourth-order valence-corrected chi connectivity index (χ4v) is 10.7. The van der Waals surface area contributed by atoms with Crippen LogP contribution < -0.4 is 0 Å². The number of alkyl halides is 1. The van der Waals surface area contributed by atoms with Gasteiger partial charge in [-0.1, -0.05) is 66.2 Å². The zero-order valence-electron chi connectivity index (χ0n) is 24.3. The van der Waals surface area contributed by atoms with E-state index in [2.05, 4.69) is 29.8 Å². The van der Waals surface area contributed by atoms with E-state index in [4.69, 9.17) is 9.47 Å². The normalized spacial score (nSPS) is 38.6. The number of fused-ring (bicyclic) bond motifs is 5. The molecule has 0 spiro atoms. The second-order valence-corrected chi connectivity index (χ2v) is 14.8. The Morgan fingerprint density at radius 3 is 2.12 bits per heavy atom. The van der Waals surface area contributed by atoms with Gasteiger partial charge in [0.05, 0.1) is 15.5 Å². The first kappa shape index (κ1) is 28.6. The van der Waals surface area contributed by atoms with Gasteiger partial charge >= 0.3 is 11.9 Å². The van der Waals surface area contributed by atoms with Gasteiger partial charge in [-0.05, 0) is 105 Å². The van der Waals surface area contributed by atoms with Crippen molar-refractivity contribution >= 4 is 33.7 Å². The molecule has 0 bridgehead atoms. The van der Waals surface area contributed by atoms with E-state index in [9.17, 15) is 14.4 Å². The summed E-state index contributed by atoms with van der Waals surface area (Å²) < 4.78 is 11.4. The standard InChI is InChI=1S/C35H41BrO5/c1-22(40-31(38)23-10-6-4-7-11-23)27-16-17-28-29-15-14-25-20-26(41-32(39)24-12-8-5-9-13-24)18-19-34(25,3)35(29,36)30(37)21-33(27,28)2/h4-13,22,25-29H,14-21H2,1-3H3/t22-,25+,26+,27-,28+,29-,33+,34+,35-/m0/s1. The predicted molar refractivity (Wildman–Crippen MR) is 161 cm³/mol. The molecular weight excluding hydrogens is 580 g/mol. The number of carbonyl (C=O) groups is 3. The summed E-state index contributed by atoms with van der Waals surface area (Å²) in [7, 11) is 0. The summed E-state index contributed by atoms with van der Waals surface area (Å²) in [5.74, 6) is 0.873. The second kappa shape index (κ2) is 10.7. The Kier molecular flexibility index (Phi) is 7.45. The Balaban J connectivity index is 1.18. The maximum atomic E-state index is 14.4. The third-order valence-electron chi connectivity index (χ3n) is 11.7. The van der Waals surface area contributed by atoms with Crippen molar-refractivity contribution in [1.82, 2.24) is 0 Å². The Labute approximate surface area is 251 Å².